The van der Waals surface area contributed by atoms with Crippen LogP contribution < -0.4 is 14.8 Å². The van der Waals surface area contributed by atoms with Crippen LogP contribution in [0.25, 0.3) is 11.5 Å². The molecule has 31 heavy (non-hydrogen) atoms. The van der Waals surface area contributed by atoms with E-state index in [1.165, 1.54) is 11.8 Å². The lowest BCUT2D eigenvalue weighted by Crippen LogP contribution is -2.18. The largest absolute Gasteiger partial charge is 0.497 e. The highest BCUT2D eigenvalue weighted by atomic mass is 16.5. The minimum absolute atomic E-state index is 0.312. The molecule has 0 aliphatic carbocycles. The molecule has 156 valence electrons. The van der Waals surface area contributed by atoms with Gasteiger partial charge in [0.15, 0.2) is 0 Å². The molecule has 0 saturated heterocycles. The van der Waals surface area contributed by atoms with Gasteiger partial charge in [0.25, 0.3) is 5.91 Å². The van der Waals surface area contributed by atoms with E-state index < -0.39 is 0 Å². The van der Waals surface area contributed by atoms with Gasteiger partial charge in [-0.1, -0.05) is 36.4 Å². The number of hydrogen-bond acceptors (Lipinski definition) is 7. The standard InChI is InChI=1S/C23H21N5O3/c1-30-17-11-12-18(20(14-17)31-2)22(29)28-23(25-15-16-8-4-3-5-9-16)26-21(27-28)19-10-6-7-13-24-19/h3-14H,15H2,1-2H3,(H,25,26,27). The van der Waals surface area contributed by atoms with Crippen LogP contribution in [-0.2, 0) is 6.54 Å². The van der Waals surface area contributed by atoms with Crippen LogP contribution in [0, 0.1) is 0 Å². The number of anilines is 1. The van der Waals surface area contributed by atoms with Gasteiger partial charge in [-0.2, -0.15) is 9.67 Å². The van der Waals surface area contributed by atoms with Crippen molar-refractivity contribution in [3.8, 4) is 23.0 Å². The molecule has 2 heterocycles. The van der Waals surface area contributed by atoms with Gasteiger partial charge in [0.2, 0.25) is 11.8 Å². The van der Waals surface area contributed by atoms with Crippen LogP contribution in [0.4, 0.5) is 5.95 Å². The quantitative estimate of drug-likeness (QED) is 0.492. The fourth-order valence-electron chi connectivity index (χ4n) is 3.04. The van der Waals surface area contributed by atoms with Gasteiger partial charge in [-0.25, -0.2) is 0 Å². The SMILES string of the molecule is COc1ccc(C(=O)n2nc(-c3ccccn3)nc2NCc2ccccc2)c(OC)c1. The summed E-state index contributed by atoms with van der Waals surface area (Å²) >= 11 is 0. The molecule has 0 saturated carbocycles. The lowest BCUT2D eigenvalue weighted by atomic mass is 10.2. The Morgan fingerprint density at radius 1 is 1.00 bits per heavy atom. The van der Waals surface area contributed by atoms with Gasteiger partial charge in [-0.05, 0) is 29.8 Å². The molecule has 0 aliphatic rings. The number of rotatable bonds is 7. The third-order valence-electron chi connectivity index (χ3n) is 4.63. The summed E-state index contributed by atoms with van der Waals surface area (Å²) in [6.07, 6.45) is 1.65. The molecule has 0 spiro atoms. The molecule has 2 aromatic carbocycles. The molecule has 1 N–H and O–H groups in total. The Morgan fingerprint density at radius 2 is 1.81 bits per heavy atom. The fraction of sp³-hybridized carbons (Fsp3) is 0.130. The Balaban J connectivity index is 1.72. The molecule has 8 heteroatoms. The summed E-state index contributed by atoms with van der Waals surface area (Å²) < 4.78 is 11.9. The first-order valence-corrected chi connectivity index (χ1v) is 9.62. The second-order valence-electron chi connectivity index (χ2n) is 6.60. The molecule has 4 aromatic rings. The first kappa shape index (κ1) is 20.1. The number of benzene rings is 2. The summed E-state index contributed by atoms with van der Waals surface area (Å²) in [7, 11) is 3.05. The van der Waals surface area contributed by atoms with Gasteiger partial charge in [-0.3, -0.25) is 9.78 Å². The molecule has 0 amide bonds. The minimum atomic E-state index is -0.384. The average molecular weight is 415 g/mol. The topological polar surface area (TPSA) is 91.2 Å². The number of hydrogen-bond donors (Lipinski definition) is 1. The predicted octanol–water partition coefficient (Wildman–Crippen LogP) is 3.66. The number of carbonyl (C=O) groups is 1. The first-order chi connectivity index (χ1) is 15.2. The number of methoxy groups -OCH3 is 2. The van der Waals surface area contributed by atoms with Crippen molar-refractivity contribution in [2.45, 2.75) is 6.54 Å². The maximum atomic E-state index is 13.4. The second-order valence-corrected chi connectivity index (χ2v) is 6.60. The Labute approximate surface area is 179 Å². The van der Waals surface area contributed by atoms with Crippen molar-refractivity contribution in [3.05, 3.63) is 84.1 Å². The van der Waals surface area contributed by atoms with Crippen LogP contribution in [0.5, 0.6) is 11.5 Å². The molecule has 0 radical (unpaired) electrons. The Bertz CT molecular complexity index is 1180. The molecular formula is C23H21N5O3. The highest BCUT2D eigenvalue weighted by Crippen LogP contribution is 2.26. The number of ether oxygens (including phenoxy) is 2. The smallest absolute Gasteiger partial charge is 0.285 e. The van der Waals surface area contributed by atoms with Crippen molar-refractivity contribution >= 4 is 11.9 Å². The summed E-state index contributed by atoms with van der Waals surface area (Å²) in [5.74, 6) is 1.24. The zero-order chi connectivity index (χ0) is 21.6. The predicted molar refractivity (Wildman–Crippen MR) is 116 cm³/mol. The van der Waals surface area contributed by atoms with E-state index in [2.05, 4.69) is 20.4 Å². The Hall–Kier alpha value is -4.20. The van der Waals surface area contributed by atoms with Gasteiger partial charge < -0.3 is 14.8 Å². The summed E-state index contributed by atoms with van der Waals surface area (Å²) in [6.45, 7) is 0.480. The van der Waals surface area contributed by atoms with Crippen molar-refractivity contribution in [2.75, 3.05) is 19.5 Å². The molecule has 0 unspecified atom stereocenters. The molecule has 4 rings (SSSR count). The summed E-state index contributed by atoms with van der Waals surface area (Å²) in [5, 5.41) is 7.64. The number of carbonyl (C=O) groups excluding carboxylic acids is 1. The molecule has 0 atom stereocenters. The number of nitrogens with one attached hydrogen (secondary N) is 1. The van der Waals surface area contributed by atoms with E-state index in [0.29, 0.717) is 41.1 Å². The van der Waals surface area contributed by atoms with Crippen LogP contribution in [0.15, 0.2) is 72.9 Å². The molecular weight excluding hydrogens is 394 g/mol. The lowest BCUT2D eigenvalue weighted by Gasteiger charge is -2.11. The monoisotopic (exact) mass is 415 g/mol. The maximum Gasteiger partial charge on any atom is 0.285 e. The number of nitrogens with zero attached hydrogens (tertiary/aromatic N) is 4. The van der Waals surface area contributed by atoms with E-state index in [4.69, 9.17) is 9.47 Å². The van der Waals surface area contributed by atoms with Gasteiger partial charge in [-0.15, -0.1) is 5.10 Å². The van der Waals surface area contributed by atoms with Crippen molar-refractivity contribution in [3.63, 3.8) is 0 Å². The van der Waals surface area contributed by atoms with Crippen LogP contribution in [0.2, 0.25) is 0 Å². The van der Waals surface area contributed by atoms with E-state index >= 15 is 0 Å². The fourth-order valence-corrected chi connectivity index (χ4v) is 3.04. The van der Waals surface area contributed by atoms with Gasteiger partial charge in [0.1, 0.15) is 17.2 Å². The van der Waals surface area contributed by atoms with Crippen molar-refractivity contribution < 1.29 is 14.3 Å². The third kappa shape index (κ3) is 4.37. The molecule has 8 nitrogen and oxygen atoms in total. The third-order valence-corrected chi connectivity index (χ3v) is 4.63. The van der Waals surface area contributed by atoms with Crippen LogP contribution >= 0.6 is 0 Å². The lowest BCUT2D eigenvalue weighted by molar-refractivity contribution is 0.0944. The van der Waals surface area contributed by atoms with E-state index in [-0.39, 0.29) is 5.91 Å². The zero-order valence-corrected chi connectivity index (χ0v) is 17.1. The summed E-state index contributed by atoms with van der Waals surface area (Å²) in [6, 6.07) is 20.3. The summed E-state index contributed by atoms with van der Waals surface area (Å²) in [5.41, 5.74) is 1.95. The Morgan fingerprint density at radius 3 is 2.52 bits per heavy atom. The summed E-state index contributed by atoms with van der Waals surface area (Å²) in [4.78, 5) is 22.2. The highest BCUT2D eigenvalue weighted by molar-refractivity contribution is 5.99. The van der Waals surface area contributed by atoms with E-state index in [9.17, 15) is 4.79 Å². The maximum absolute atomic E-state index is 13.4. The van der Waals surface area contributed by atoms with Crippen molar-refractivity contribution in [1.82, 2.24) is 19.7 Å². The molecule has 0 fully saturated rings. The second kappa shape index (κ2) is 9.08. The van der Waals surface area contributed by atoms with Crippen LogP contribution in [0.1, 0.15) is 15.9 Å². The number of pyridine rings is 1. The van der Waals surface area contributed by atoms with E-state index in [0.717, 1.165) is 5.56 Å². The Kier molecular flexibility index (Phi) is 5.89. The molecule has 0 aliphatic heterocycles. The van der Waals surface area contributed by atoms with Crippen molar-refractivity contribution in [2.24, 2.45) is 0 Å². The van der Waals surface area contributed by atoms with Gasteiger partial charge >= 0.3 is 0 Å². The molecule has 2 aromatic heterocycles. The van der Waals surface area contributed by atoms with Gasteiger partial charge in [0, 0.05) is 18.8 Å². The van der Waals surface area contributed by atoms with E-state index in [1.54, 1.807) is 37.6 Å². The first-order valence-electron chi connectivity index (χ1n) is 9.62. The highest BCUT2D eigenvalue weighted by Gasteiger charge is 2.22. The minimum Gasteiger partial charge on any atom is -0.497 e. The normalized spacial score (nSPS) is 10.5. The van der Waals surface area contributed by atoms with Gasteiger partial charge in [0.05, 0.1) is 19.8 Å². The van der Waals surface area contributed by atoms with Crippen molar-refractivity contribution in [1.29, 1.82) is 0 Å². The van der Waals surface area contributed by atoms with E-state index in [1.807, 2.05) is 42.5 Å². The molecule has 0 bridgehead atoms. The zero-order valence-electron chi connectivity index (χ0n) is 17.1. The number of aromatic nitrogens is 4. The van der Waals surface area contributed by atoms with Crippen LogP contribution in [0.3, 0.4) is 0 Å². The average Bonchev–Trinajstić information content (AvgIpc) is 3.27. The van der Waals surface area contributed by atoms with Crippen LogP contribution in [-0.4, -0.2) is 39.9 Å².